The molecule has 0 aliphatic rings. The molecule has 0 atom stereocenters. The molecule has 0 radical (unpaired) electrons. The standard InChI is InChI=1S/C17H12N2O4S.C2H4O/c1-11-4-2-5-12(10-11)23-24(21,22)16-7-3-6-14-13(16)8-9-15(19-18)17(14)20;1-2-3/h2-10H,1H3;2H,1H3. The van der Waals surface area contributed by atoms with Crippen molar-refractivity contribution in [3.8, 4) is 11.5 Å². The van der Waals surface area contributed by atoms with Crippen LogP contribution in [-0.4, -0.2) is 14.7 Å². The number of hydrogen-bond acceptors (Lipinski definition) is 6. The Morgan fingerprint density at radius 1 is 1.07 bits per heavy atom. The Balaban J connectivity index is 0.000000817. The molecule has 3 aromatic carbocycles. The zero-order valence-corrected chi connectivity index (χ0v) is 15.4. The molecule has 0 heterocycles. The van der Waals surface area contributed by atoms with Crippen LogP contribution < -0.4 is 9.29 Å². The van der Waals surface area contributed by atoms with Crippen LogP contribution in [0.2, 0.25) is 0 Å². The molecule has 8 heteroatoms. The first-order chi connectivity index (χ1) is 12.8. The molecule has 0 aromatic heterocycles. The number of rotatable bonds is 3. The lowest BCUT2D eigenvalue weighted by Gasteiger charge is -2.12. The van der Waals surface area contributed by atoms with E-state index in [1.165, 1.54) is 43.3 Å². The summed E-state index contributed by atoms with van der Waals surface area (Å²) in [6.07, 6.45) is 0.750. The van der Waals surface area contributed by atoms with Crippen molar-refractivity contribution in [1.29, 1.82) is 5.39 Å². The van der Waals surface area contributed by atoms with Crippen molar-refractivity contribution in [2.24, 2.45) is 0 Å². The topological polar surface area (TPSA) is 112 Å². The van der Waals surface area contributed by atoms with E-state index < -0.39 is 15.9 Å². The van der Waals surface area contributed by atoms with Gasteiger partial charge in [-0.15, -0.1) is 0 Å². The van der Waals surface area contributed by atoms with Crippen molar-refractivity contribution in [3.05, 3.63) is 65.1 Å². The summed E-state index contributed by atoms with van der Waals surface area (Å²) in [5.41, 5.74) is 0.702. The van der Waals surface area contributed by atoms with Crippen molar-refractivity contribution in [2.45, 2.75) is 18.7 Å². The van der Waals surface area contributed by atoms with Gasteiger partial charge in [-0.3, -0.25) is 0 Å². The van der Waals surface area contributed by atoms with Gasteiger partial charge in [0.25, 0.3) is 0 Å². The fraction of sp³-hybridized carbons (Fsp3) is 0.105. The molecule has 0 N–H and O–H groups in total. The molecule has 0 unspecified atom stereocenters. The van der Waals surface area contributed by atoms with Crippen LogP contribution in [0.5, 0.6) is 11.5 Å². The summed E-state index contributed by atoms with van der Waals surface area (Å²) in [5, 5.41) is 21.3. The van der Waals surface area contributed by atoms with E-state index in [9.17, 15) is 13.5 Å². The van der Waals surface area contributed by atoms with Crippen LogP contribution in [0.15, 0.2) is 59.5 Å². The first-order valence-corrected chi connectivity index (χ1v) is 9.23. The van der Waals surface area contributed by atoms with Crippen molar-refractivity contribution < 1.29 is 22.5 Å². The molecule has 0 saturated carbocycles. The van der Waals surface area contributed by atoms with Crippen molar-refractivity contribution in [3.63, 3.8) is 0 Å². The van der Waals surface area contributed by atoms with E-state index >= 15 is 0 Å². The highest BCUT2D eigenvalue weighted by atomic mass is 32.2. The molecule has 3 aromatic rings. The average molecular weight is 384 g/mol. The highest BCUT2D eigenvalue weighted by Gasteiger charge is 2.21. The van der Waals surface area contributed by atoms with E-state index in [0.29, 0.717) is 0 Å². The van der Waals surface area contributed by atoms with E-state index in [0.717, 1.165) is 11.8 Å². The quantitative estimate of drug-likeness (QED) is 0.387. The predicted molar refractivity (Wildman–Crippen MR) is 98.9 cm³/mol. The van der Waals surface area contributed by atoms with Crippen LogP contribution in [0.1, 0.15) is 12.5 Å². The molecule has 0 amide bonds. The van der Waals surface area contributed by atoms with E-state index in [1.54, 1.807) is 12.1 Å². The second kappa shape index (κ2) is 8.29. The van der Waals surface area contributed by atoms with Crippen LogP contribution in [0.4, 0.5) is 5.69 Å². The molecule has 0 fully saturated rings. The van der Waals surface area contributed by atoms with E-state index in [1.807, 2.05) is 13.0 Å². The number of hydrogen-bond donors (Lipinski definition) is 0. The van der Waals surface area contributed by atoms with E-state index in [2.05, 4.69) is 4.98 Å². The summed E-state index contributed by atoms with van der Waals surface area (Å²) < 4.78 is 30.4. The van der Waals surface area contributed by atoms with Gasteiger partial charge in [-0.05, 0) is 54.8 Å². The summed E-state index contributed by atoms with van der Waals surface area (Å²) >= 11 is 0. The van der Waals surface area contributed by atoms with Gasteiger partial charge in [0, 0.05) is 11.5 Å². The maximum Gasteiger partial charge on any atom is 0.378 e. The molecule has 27 heavy (non-hydrogen) atoms. The average Bonchev–Trinajstić information content (AvgIpc) is 2.62. The second-order valence-electron chi connectivity index (χ2n) is 5.45. The minimum absolute atomic E-state index is 0.122. The monoisotopic (exact) mass is 384 g/mol. The third kappa shape index (κ3) is 4.40. The summed E-state index contributed by atoms with van der Waals surface area (Å²) in [6, 6.07) is 13.6. The van der Waals surface area contributed by atoms with Crippen LogP contribution in [-0.2, 0) is 14.9 Å². The van der Waals surface area contributed by atoms with Gasteiger partial charge in [-0.2, -0.15) is 8.42 Å². The van der Waals surface area contributed by atoms with Gasteiger partial charge in [0.15, 0.2) is 4.98 Å². The Labute approximate surface area is 156 Å². The van der Waals surface area contributed by atoms with Crippen molar-refractivity contribution in [2.75, 3.05) is 0 Å². The van der Waals surface area contributed by atoms with Gasteiger partial charge in [0.1, 0.15) is 16.9 Å². The number of nitrogens with zero attached hydrogens (tertiary/aromatic N) is 2. The van der Waals surface area contributed by atoms with Crippen LogP contribution in [0, 0.1) is 12.3 Å². The zero-order valence-electron chi connectivity index (χ0n) is 14.6. The molecule has 0 bridgehead atoms. The van der Waals surface area contributed by atoms with Crippen LogP contribution >= 0.6 is 0 Å². The molecule has 0 aliphatic heterocycles. The van der Waals surface area contributed by atoms with Crippen molar-refractivity contribution >= 4 is 32.9 Å². The Bertz CT molecular complexity index is 1130. The van der Waals surface area contributed by atoms with Gasteiger partial charge in [-0.25, -0.2) is 0 Å². The minimum atomic E-state index is -4.13. The highest BCUT2D eigenvalue weighted by molar-refractivity contribution is 7.87. The van der Waals surface area contributed by atoms with Crippen LogP contribution in [0.3, 0.4) is 0 Å². The number of carbonyl (C=O) groups excluding carboxylic acids is 1. The largest absolute Gasteiger partial charge is 0.867 e. The minimum Gasteiger partial charge on any atom is -0.867 e. The molecule has 7 nitrogen and oxygen atoms in total. The molecule has 0 spiro atoms. The number of fused-ring (bicyclic) bond motifs is 1. The molecule has 3 rings (SSSR count). The fourth-order valence-electron chi connectivity index (χ4n) is 2.43. The SMILES string of the molecule is CC=O.Cc1cccc(OS(=O)(=O)c2cccc3c([O-])c([N+]#N)ccc23)c1. The summed E-state index contributed by atoms with van der Waals surface area (Å²) in [4.78, 5) is 11.6. The lowest BCUT2D eigenvalue weighted by Crippen LogP contribution is -2.10. The smallest absolute Gasteiger partial charge is 0.378 e. The summed E-state index contributed by atoms with van der Waals surface area (Å²) in [5.74, 6) is -0.362. The summed E-state index contributed by atoms with van der Waals surface area (Å²) in [7, 11) is -4.13. The fourth-order valence-corrected chi connectivity index (χ4v) is 3.56. The number of aldehydes is 1. The normalized spacial score (nSPS) is 10.4. The third-order valence-corrected chi connectivity index (χ3v) is 4.83. The number of carbonyl (C=O) groups is 1. The first kappa shape index (κ1) is 19.9. The maximum absolute atomic E-state index is 12.6. The van der Waals surface area contributed by atoms with Gasteiger partial charge >= 0.3 is 15.8 Å². The molecule has 0 saturated heterocycles. The first-order valence-electron chi connectivity index (χ1n) is 7.83. The third-order valence-electron chi connectivity index (χ3n) is 3.52. The Morgan fingerprint density at radius 3 is 2.37 bits per heavy atom. The highest BCUT2D eigenvalue weighted by Crippen LogP contribution is 2.35. The Kier molecular flexibility index (Phi) is 6.11. The molecule has 138 valence electrons. The van der Waals surface area contributed by atoms with Gasteiger partial charge in [0.05, 0.1) is 0 Å². The number of aryl methyl sites for hydroxylation is 1. The van der Waals surface area contributed by atoms with Gasteiger partial charge in [-0.1, -0.05) is 24.3 Å². The van der Waals surface area contributed by atoms with E-state index in [-0.39, 0.29) is 27.1 Å². The van der Waals surface area contributed by atoms with Crippen molar-refractivity contribution in [1.82, 2.24) is 0 Å². The zero-order chi connectivity index (χ0) is 20.0. The number of diazo groups is 1. The lowest BCUT2D eigenvalue weighted by molar-refractivity contribution is -0.264. The van der Waals surface area contributed by atoms with E-state index in [4.69, 9.17) is 14.4 Å². The molecular formula is C19H16N2O5S. The molecule has 0 aliphatic carbocycles. The predicted octanol–water partition coefficient (Wildman–Crippen LogP) is 3.68. The van der Waals surface area contributed by atoms with Crippen LogP contribution in [0.25, 0.3) is 15.7 Å². The van der Waals surface area contributed by atoms with Gasteiger partial charge in [0.2, 0.25) is 5.39 Å². The maximum atomic E-state index is 12.6. The Hall–Kier alpha value is -3.44. The Morgan fingerprint density at radius 2 is 1.74 bits per heavy atom. The van der Waals surface area contributed by atoms with Gasteiger partial charge < -0.3 is 14.1 Å². The number of benzene rings is 3. The summed E-state index contributed by atoms with van der Waals surface area (Å²) in [6.45, 7) is 3.26. The lowest BCUT2D eigenvalue weighted by atomic mass is 10.1. The second-order valence-corrected chi connectivity index (χ2v) is 6.97. The molecular weight excluding hydrogens is 368 g/mol.